The topological polar surface area (TPSA) is 52.6 Å². The third-order valence-electron chi connectivity index (χ3n) is 4.37. The molecule has 0 aromatic heterocycles. The van der Waals surface area contributed by atoms with Crippen LogP contribution in [0, 0.1) is 6.92 Å². The molecular formula is C21H22O4S. The number of rotatable bonds is 5. The number of fused-ring (bicyclic) bond motifs is 1. The van der Waals surface area contributed by atoms with E-state index in [1.54, 1.807) is 24.3 Å². The molecule has 0 saturated heterocycles. The Hall–Kier alpha value is -2.53. The van der Waals surface area contributed by atoms with E-state index in [0.717, 1.165) is 21.9 Å². The first-order valence-electron chi connectivity index (χ1n) is 8.43. The van der Waals surface area contributed by atoms with Crippen molar-refractivity contribution in [1.29, 1.82) is 0 Å². The molecule has 0 unspecified atom stereocenters. The third-order valence-corrected chi connectivity index (χ3v) is 5.64. The van der Waals surface area contributed by atoms with Crippen molar-refractivity contribution in [2.24, 2.45) is 0 Å². The highest BCUT2D eigenvalue weighted by atomic mass is 32.2. The van der Waals surface area contributed by atoms with Gasteiger partial charge in [0, 0.05) is 0 Å². The third kappa shape index (κ3) is 3.53. The predicted molar refractivity (Wildman–Crippen MR) is 104 cm³/mol. The van der Waals surface area contributed by atoms with Gasteiger partial charge in [-0.15, -0.1) is 0 Å². The Morgan fingerprint density at radius 3 is 2.27 bits per heavy atom. The summed E-state index contributed by atoms with van der Waals surface area (Å²) in [5, 5.41) is 1.94. The van der Waals surface area contributed by atoms with Gasteiger partial charge in [0.05, 0.1) is 7.11 Å². The van der Waals surface area contributed by atoms with Gasteiger partial charge in [-0.1, -0.05) is 44.2 Å². The molecule has 0 amide bonds. The molecule has 0 aliphatic carbocycles. The quantitative estimate of drug-likeness (QED) is 0.590. The summed E-state index contributed by atoms with van der Waals surface area (Å²) >= 11 is 0. The van der Waals surface area contributed by atoms with Crippen molar-refractivity contribution in [2.75, 3.05) is 7.11 Å². The number of hydrogen-bond acceptors (Lipinski definition) is 4. The van der Waals surface area contributed by atoms with Gasteiger partial charge in [0.15, 0.2) is 0 Å². The van der Waals surface area contributed by atoms with E-state index in [-0.39, 0.29) is 22.3 Å². The van der Waals surface area contributed by atoms with Gasteiger partial charge in [-0.3, -0.25) is 0 Å². The number of methoxy groups -OCH3 is 1. The first kappa shape index (κ1) is 18.3. The summed E-state index contributed by atoms with van der Waals surface area (Å²) < 4.78 is 36.5. The molecule has 0 radical (unpaired) electrons. The summed E-state index contributed by atoms with van der Waals surface area (Å²) in [6, 6.07) is 16.3. The van der Waals surface area contributed by atoms with Crippen LogP contribution in [0.3, 0.4) is 0 Å². The van der Waals surface area contributed by atoms with Crippen molar-refractivity contribution < 1.29 is 17.3 Å². The summed E-state index contributed by atoms with van der Waals surface area (Å²) in [5.74, 6) is 0.751. The monoisotopic (exact) mass is 370 g/mol. The van der Waals surface area contributed by atoms with Crippen LogP contribution >= 0.6 is 0 Å². The molecule has 0 heterocycles. The van der Waals surface area contributed by atoms with Crippen LogP contribution in [0.5, 0.6) is 11.5 Å². The van der Waals surface area contributed by atoms with E-state index in [4.69, 9.17) is 8.92 Å². The molecule has 0 aliphatic rings. The van der Waals surface area contributed by atoms with Gasteiger partial charge in [-0.2, -0.15) is 8.42 Å². The summed E-state index contributed by atoms with van der Waals surface area (Å²) in [6.45, 7) is 5.99. The molecule has 3 aromatic rings. The van der Waals surface area contributed by atoms with Crippen molar-refractivity contribution >= 4 is 20.9 Å². The maximum Gasteiger partial charge on any atom is 0.342 e. The predicted octanol–water partition coefficient (Wildman–Crippen LogP) is 5.05. The standard InChI is InChI=1S/C21H22O4S/c1-14(2)19-13-21(20(24-4)11-15(19)3)26(22,23)25-18-10-9-16-7-5-6-8-17(16)12-18/h5-14H,1-4H3. The van der Waals surface area contributed by atoms with E-state index in [9.17, 15) is 8.42 Å². The molecule has 3 aromatic carbocycles. The van der Waals surface area contributed by atoms with E-state index >= 15 is 0 Å². The van der Waals surface area contributed by atoms with Crippen molar-refractivity contribution in [2.45, 2.75) is 31.6 Å². The van der Waals surface area contributed by atoms with Gasteiger partial charge in [-0.05, 0) is 59.0 Å². The molecule has 0 aliphatic heterocycles. The lowest BCUT2D eigenvalue weighted by Gasteiger charge is -2.16. The SMILES string of the molecule is COc1cc(C)c(C(C)C)cc1S(=O)(=O)Oc1ccc2ccccc2c1. The number of aryl methyl sites for hydroxylation is 1. The number of hydrogen-bond donors (Lipinski definition) is 0. The highest BCUT2D eigenvalue weighted by Crippen LogP contribution is 2.33. The van der Waals surface area contributed by atoms with Gasteiger partial charge >= 0.3 is 10.1 Å². The van der Waals surface area contributed by atoms with Gasteiger partial charge in [0.2, 0.25) is 0 Å². The zero-order chi connectivity index (χ0) is 18.9. The Labute approximate surface area is 154 Å². The molecule has 0 atom stereocenters. The van der Waals surface area contributed by atoms with Crippen LogP contribution in [0.1, 0.15) is 30.9 Å². The van der Waals surface area contributed by atoms with E-state index in [1.807, 2.05) is 51.1 Å². The second kappa shape index (κ2) is 7.00. The highest BCUT2D eigenvalue weighted by molar-refractivity contribution is 7.87. The maximum absolute atomic E-state index is 12.9. The zero-order valence-electron chi connectivity index (χ0n) is 15.3. The van der Waals surface area contributed by atoms with E-state index in [1.165, 1.54) is 7.11 Å². The second-order valence-corrected chi connectivity index (χ2v) is 8.08. The Bertz CT molecular complexity index is 1050. The van der Waals surface area contributed by atoms with Crippen molar-refractivity contribution in [3.8, 4) is 11.5 Å². The van der Waals surface area contributed by atoms with Crippen LogP contribution in [-0.2, 0) is 10.1 Å². The van der Waals surface area contributed by atoms with Gasteiger partial charge < -0.3 is 8.92 Å². The lowest BCUT2D eigenvalue weighted by molar-refractivity contribution is 0.397. The number of benzene rings is 3. The van der Waals surface area contributed by atoms with Crippen LogP contribution in [0.15, 0.2) is 59.5 Å². The Kier molecular flexibility index (Phi) is 4.92. The summed E-state index contributed by atoms with van der Waals surface area (Å²) in [6.07, 6.45) is 0. The summed E-state index contributed by atoms with van der Waals surface area (Å²) in [4.78, 5) is 0.0439. The average molecular weight is 370 g/mol. The van der Waals surface area contributed by atoms with Gasteiger partial charge in [0.25, 0.3) is 0 Å². The Morgan fingerprint density at radius 1 is 0.923 bits per heavy atom. The van der Waals surface area contributed by atoms with Crippen LogP contribution < -0.4 is 8.92 Å². The lowest BCUT2D eigenvalue weighted by atomic mass is 9.98. The van der Waals surface area contributed by atoms with Crippen molar-refractivity contribution in [3.63, 3.8) is 0 Å². The first-order valence-corrected chi connectivity index (χ1v) is 9.84. The first-order chi connectivity index (χ1) is 12.3. The van der Waals surface area contributed by atoms with E-state index in [0.29, 0.717) is 0 Å². The van der Waals surface area contributed by atoms with Crippen LogP contribution in [0.2, 0.25) is 0 Å². The van der Waals surface area contributed by atoms with Gasteiger partial charge in [-0.25, -0.2) is 0 Å². The van der Waals surface area contributed by atoms with Crippen molar-refractivity contribution in [1.82, 2.24) is 0 Å². The van der Waals surface area contributed by atoms with Crippen LogP contribution in [0.4, 0.5) is 0 Å². The molecule has 0 spiro atoms. The molecule has 0 bridgehead atoms. The Morgan fingerprint density at radius 2 is 1.62 bits per heavy atom. The fraction of sp³-hybridized carbons (Fsp3) is 0.238. The summed E-state index contributed by atoms with van der Waals surface area (Å²) in [5.41, 5.74) is 1.94. The fourth-order valence-corrected chi connectivity index (χ4v) is 4.15. The largest absolute Gasteiger partial charge is 0.495 e. The maximum atomic E-state index is 12.9. The molecule has 0 fully saturated rings. The molecule has 136 valence electrons. The molecule has 0 N–H and O–H groups in total. The van der Waals surface area contributed by atoms with Gasteiger partial charge in [0.1, 0.15) is 16.4 Å². The van der Waals surface area contributed by atoms with E-state index < -0.39 is 10.1 Å². The average Bonchev–Trinajstić information content (AvgIpc) is 2.60. The van der Waals surface area contributed by atoms with Crippen LogP contribution in [0.25, 0.3) is 10.8 Å². The van der Waals surface area contributed by atoms with E-state index in [2.05, 4.69) is 0 Å². The normalized spacial score (nSPS) is 11.7. The minimum Gasteiger partial charge on any atom is -0.495 e. The second-order valence-electron chi connectivity index (χ2n) is 6.56. The zero-order valence-corrected chi connectivity index (χ0v) is 16.1. The molecule has 3 rings (SSSR count). The van der Waals surface area contributed by atoms with Crippen molar-refractivity contribution in [3.05, 3.63) is 65.7 Å². The highest BCUT2D eigenvalue weighted by Gasteiger charge is 2.24. The summed E-state index contributed by atoms with van der Waals surface area (Å²) in [7, 11) is -2.57. The molecule has 0 saturated carbocycles. The molecule has 5 heteroatoms. The van der Waals surface area contributed by atoms with Crippen LogP contribution in [-0.4, -0.2) is 15.5 Å². The minimum atomic E-state index is -4.02. The minimum absolute atomic E-state index is 0.0439. The smallest absolute Gasteiger partial charge is 0.342 e. The fourth-order valence-electron chi connectivity index (χ4n) is 3.05. The lowest BCUT2D eigenvalue weighted by Crippen LogP contribution is -2.12. The molecule has 4 nitrogen and oxygen atoms in total. The number of ether oxygens (including phenoxy) is 1. The molecule has 26 heavy (non-hydrogen) atoms. The molecular weight excluding hydrogens is 348 g/mol. The Balaban J connectivity index is 2.05.